The average molecular weight is 299 g/mol. The first-order valence-electron chi connectivity index (χ1n) is 7.69. The molecule has 0 saturated carbocycles. The van der Waals surface area contributed by atoms with Crippen molar-refractivity contribution in [2.75, 3.05) is 7.11 Å². The Hall–Kier alpha value is -2.00. The Balaban J connectivity index is 2.10. The third-order valence-corrected chi connectivity index (χ3v) is 3.79. The highest BCUT2D eigenvalue weighted by atomic mass is 16.5. The van der Waals surface area contributed by atoms with Gasteiger partial charge in [-0.3, -0.25) is 0 Å². The smallest absolute Gasteiger partial charge is 0.161 e. The van der Waals surface area contributed by atoms with Gasteiger partial charge in [0.25, 0.3) is 0 Å². The van der Waals surface area contributed by atoms with E-state index < -0.39 is 0 Å². The van der Waals surface area contributed by atoms with E-state index in [2.05, 4.69) is 19.9 Å². The molecule has 0 aromatic heterocycles. The van der Waals surface area contributed by atoms with Gasteiger partial charge in [0, 0.05) is 6.04 Å². The molecule has 0 aliphatic rings. The number of ether oxygens (including phenoxy) is 2. The van der Waals surface area contributed by atoms with Crippen LogP contribution in [-0.2, 0) is 13.0 Å². The second-order valence-corrected chi connectivity index (χ2v) is 5.87. The molecular formula is C19H25NO2. The third-order valence-electron chi connectivity index (χ3n) is 3.79. The number of hydrogen-bond donors (Lipinski definition) is 1. The van der Waals surface area contributed by atoms with E-state index in [0.29, 0.717) is 12.5 Å². The van der Waals surface area contributed by atoms with E-state index in [1.807, 2.05) is 42.5 Å². The normalized spacial score (nSPS) is 12.2. The van der Waals surface area contributed by atoms with Crippen LogP contribution in [-0.4, -0.2) is 13.2 Å². The van der Waals surface area contributed by atoms with Crippen LogP contribution >= 0.6 is 0 Å². The summed E-state index contributed by atoms with van der Waals surface area (Å²) in [6.07, 6.45) is 0.837. The molecule has 2 N–H and O–H groups in total. The van der Waals surface area contributed by atoms with Gasteiger partial charge in [-0.05, 0) is 35.6 Å². The van der Waals surface area contributed by atoms with Crippen molar-refractivity contribution in [3.8, 4) is 11.5 Å². The van der Waals surface area contributed by atoms with Crippen LogP contribution in [0.1, 0.15) is 25.0 Å². The van der Waals surface area contributed by atoms with E-state index in [0.717, 1.165) is 23.5 Å². The highest BCUT2D eigenvalue weighted by molar-refractivity contribution is 5.43. The van der Waals surface area contributed by atoms with Gasteiger partial charge in [0.05, 0.1) is 7.11 Å². The minimum atomic E-state index is 0.148. The summed E-state index contributed by atoms with van der Waals surface area (Å²) in [4.78, 5) is 0. The zero-order chi connectivity index (χ0) is 15.9. The molecule has 0 saturated heterocycles. The Kier molecular flexibility index (Phi) is 5.84. The molecule has 2 rings (SSSR count). The highest BCUT2D eigenvalue weighted by Crippen LogP contribution is 2.29. The lowest BCUT2D eigenvalue weighted by molar-refractivity contribution is 0.284. The van der Waals surface area contributed by atoms with Crippen molar-refractivity contribution in [3.05, 3.63) is 59.7 Å². The Morgan fingerprint density at radius 3 is 2.32 bits per heavy atom. The number of methoxy groups -OCH3 is 1. The number of nitrogens with two attached hydrogens (primary N) is 1. The van der Waals surface area contributed by atoms with Gasteiger partial charge in [-0.15, -0.1) is 0 Å². The first-order valence-corrected chi connectivity index (χ1v) is 7.69. The zero-order valence-electron chi connectivity index (χ0n) is 13.6. The standard InChI is InChI=1S/C19H25NO2/c1-14(2)17(20)11-16-9-10-18(21-3)19(12-16)22-13-15-7-5-4-6-8-15/h4-10,12,14,17H,11,13,20H2,1-3H3/t17-/m0/s1. The highest BCUT2D eigenvalue weighted by Gasteiger charge is 2.11. The molecule has 0 aliphatic heterocycles. The summed E-state index contributed by atoms with van der Waals surface area (Å²) in [5.41, 5.74) is 8.47. The lowest BCUT2D eigenvalue weighted by Gasteiger charge is -2.17. The molecule has 22 heavy (non-hydrogen) atoms. The summed E-state index contributed by atoms with van der Waals surface area (Å²) in [6.45, 7) is 4.80. The maximum Gasteiger partial charge on any atom is 0.161 e. The maximum absolute atomic E-state index is 6.16. The minimum Gasteiger partial charge on any atom is -0.493 e. The maximum atomic E-state index is 6.16. The second-order valence-electron chi connectivity index (χ2n) is 5.87. The van der Waals surface area contributed by atoms with Crippen LogP contribution in [0.2, 0.25) is 0 Å². The van der Waals surface area contributed by atoms with Crippen molar-refractivity contribution in [1.29, 1.82) is 0 Å². The van der Waals surface area contributed by atoms with Gasteiger partial charge in [-0.1, -0.05) is 50.2 Å². The van der Waals surface area contributed by atoms with E-state index in [-0.39, 0.29) is 6.04 Å². The minimum absolute atomic E-state index is 0.148. The molecule has 2 aromatic rings. The molecule has 118 valence electrons. The molecule has 0 fully saturated rings. The van der Waals surface area contributed by atoms with E-state index in [1.54, 1.807) is 7.11 Å². The van der Waals surface area contributed by atoms with Gasteiger partial charge in [-0.2, -0.15) is 0 Å². The fourth-order valence-electron chi connectivity index (χ4n) is 2.20. The summed E-state index contributed by atoms with van der Waals surface area (Å²) >= 11 is 0. The molecule has 3 nitrogen and oxygen atoms in total. The summed E-state index contributed by atoms with van der Waals surface area (Å²) < 4.78 is 11.3. The number of rotatable bonds is 7. The molecule has 2 aromatic carbocycles. The van der Waals surface area contributed by atoms with Gasteiger partial charge in [-0.25, -0.2) is 0 Å². The fourth-order valence-corrected chi connectivity index (χ4v) is 2.20. The van der Waals surface area contributed by atoms with Crippen molar-refractivity contribution >= 4 is 0 Å². The monoisotopic (exact) mass is 299 g/mol. The molecule has 0 spiro atoms. The lowest BCUT2D eigenvalue weighted by Crippen LogP contribution is -2.28. The van der Waals surface area contributed by atoms with Crippen molar-refractivity contribution in [2.45, 2.75) is 32.9 Å². The summed E-state index contributed by atoms with van der Waals surface area (Å²) in [6, 6.07) is 16.3. The third kappa shape index (κ3) is 4.50. The topological polar surface area (TPSA) is 44.5 Å². The van der Waals surface area contributed by atoms with Gasteiger partial charge in [0.15, 0.2) is 11.5 Å². The largest absolute Gasteiger partial charge is 0.493 e. The van der Waals surface area contributed by atoms with E-state index in [4.69, 9.17) is 15.2 Å². The van der Waals surface area contributed by atoms with Crippen LogP contribution in [0.25, 0.3) is 0 Å². The second kappa shape index (κ2) is 7.85. The SMILES string of the molecule is COc1ccc(C[C@H](N)C(C)C)cc1OCc1ccccc1. The van der Waals surface area contributed by atoms with Crippen LogP contribution in [0.3, 0.4) is 0 Å². The van der Waals surface area contributed by atoms with Crippen molar-refractivity contribution < 1.29 is 9.47 Å². The van der Waals surface area contributed by atoms with Gasteiger partial charge < -0.3 is 15.2 Å². The van der Waals surface area contributed by atoms with Gasteiger partial charge in [0.1, 0.15) is 6.61 Å². The summed E-state index contributed by atoms with van der Waals surface area (Å²) in [7, 11) is 1.66. The van der Waals surface area contributed by atoms with Crippen molar-refractivity contribution in [2.24, 2.45) is 11.7 Å². The Morgan fingerprint density at radius 1 is 0.955 bits per heavy atom. The molecule has 1 atom stereocenters. The Morgan fingerprint density at radius 2 is 1.68 bits per heavy atom. The molecular weight excluding hydrogens is 274 g/mol. The quantitative estimate of drug-likeness (QED) is 0.845. The Labute approximate surface area is 133 Å². The zero-order valence-corrected chi connectivity index (χ0v) is 13.6. The molecule has 0 heterocycles. The molecule has 3 heteroatoms. The van der Waals surface area contributed by atoms with Crippen LogP contribution < -0.4 is 15.2 Å². The van der Waals surface area contributed by atoms with E-state index in [1.165, 1.54) is 5.56 Å². The lowest BCUT2D eigenvalue weighted by atomic mass is 9.97. The summed E-state index contributed by atoms with van der Waals surface area (Å²) in [5.74, 6) is 1.97. The van der Waals surface area contributed by atoms with Crippen molar-refractivity contribution in [1.82, 2.24) is 0 Å². The van der Waals surface area contributed by atoms with E-state index in [9.17, 15) is 0 Å². The number of hydrogen-bond acceptors (Lipinski definition) is 3. The summed E-state index contributed by atoms with van der Waals surface area (Å²) in [5, 5.41) is 0. The average Bonchev–Trinajstić information content (AvgIpc) is 2.54. The Bertz CT molecular complexity index is 581. The molecule has 0 radical (unpaired) electrons. The van der Waals surface area contributed by atoms with Gasteiger partial charge in [0.2, 0.25) is 0 Å². The fraction of sp³-hybridized carbons (Fsp3) is 0.368. The predicted molar refractivity (Wildman–Crippen MR) is 90.3 cm³/mol. The first-order chi connectivity index (χ1) is 10.6. The van der Waals surface area contributed by atoms with Crippen LogP contribution in [0, 0.1) is 5.92 Å². The van der Waals surface area contributed by atoms with Crippen LogP contribution in [0.5, 0.6) is 11.5 Å². The van der Waals surface area contributed by atoms with E-state index >= 15 is 0 Å². The predicted octanol–water partition coefficient (Wildman–Crippen LogP) is 3.80. The molecule has 0 amide bonds. The van der Waals surface area contributed by atoms with Crippen LogP contribution in [0.15, 0.2) is 48.5 Å². The first kappa shape index (κ1) is 16.4. The number of benzene rings is 2. The van der Waals surface area contributed by atoms with Gasteiger partial charge >= 0.3 is 0 Å². The molecule has 0 bridgehead atoms. The molecule has 0 unspecified atom stereocenters. The van der Waals surface area contributed by atoms with Crippen LogP contribution in [0.4, 0.5) is 0 Å². The molecule has 0 aliphatic carbocycles. The van der Waals surface area contributed by atoms with Crippen molar-refractivity contribution in [3.63, 3.8) is 0 Å².